The normalized spacial score (nSPS) is 17.1. The van der Waals surface area contributed by atoms with Gasteiger partial charge in [0.15, 0.2) is 12.1 Å². The Balaban J connectivity index is 1.62. The number of piperazine rings is 1. The predicted molar refractivity (Wildman–Crippen MR) is 106 cm³/mol. The number of hydrogen-bond donors (Lipinski definition) is 0. The Morgan fingerprint density at radius 1 is 1.11 bits per heavy atom. The third-order valence-electron chi connectivity index (χ3n) is 5.07. The number of amides is 2. The number of rotatable bonds is 3. The van der Waals surface area contributed by atoms with E-state index in [0.717, 1.165) is 16.8 Å². The van der Waals surface area contributed by atoms with E-state index in [4.69, 9.17) is 4.42 Å². The highest BCUT2D eigenvalue weighted by molar-refractivity contribution is 6.03. The molecule has 4 rings (SSSR count). The molecule has 6 heteroatoms. The molecule has 6 nitrogen and oxygen atoms in total. The molecule has 0 bridgehead atoms. The monoisotopic (exact) mass is 375 g/mol. The van der Waals surface area contributed by atoms with E-state index in [-0.39, 0.29) is 30.1 Å². The Morgan fingerprint density at radius 3 is 2.54 bits per heavy atom. The van der Waals surface area contributed by atoms with Crippen LogP contribution in [0.2, 0.25) is 0 Å². The highest BCUT2D eigenvalue weighted by atomic mass is 16.3. The van der Waals surface area contributed by atoms with Crippen LogP contribution in [0.5, 0.6) is 0 Å². The second-order valence-electron chi connectivity index (χ2n) is 6.93. The van der Waals surface area contributed by atoms with Crippen molar-refractivity contribution in [1.82, 2.24) is 9.88 Å². The first-order valence-corrected chi connectivity index (χ1v) is 9.22. The van der Waals surface area contributed by atoms with E-state index in [9.17, 15) is 9.59 Å². The smallest absolute Gasteiger partial charge is 0.276 e. The van der Waals surface area contributed by atoms with Crippen molar-refractivity contribution in [1.29, 1.82) is 0 Å². The largest absolute Gasteiger partial charge is 0.448 e. The van der Waals surface area contributed by atoms with E-state index in [0.29, 0.717) is 12.3 Å². The summed E-state index contributed by atoms with van der Waals surface area (Å²) in [6, 6.07) is 17.7. The highest BCUT2D eigenvalue weighted by Crippen LogP contribution is 2.32. The lowest BCUT2D eigenvalue weighted by atomic mass is 10.0. The van der Waals surface area contributed by atoms with Gasteiger partial charge in [-0.15, -0.1) is 0 Å². The number of benzene rings is 2. The van der Waals surface area contributed by atoms with Crippen LogP contribution in [0.15, 0.2) is 65.4 Å². The van der Waals surface area contributed by atoms with Crippen molar-refractivity contribution in [3.05, 3.63) is 72.4 Å². The molecule has 0 aliphatic carbocycles. The van der Waals surface area contributed by atoms with Gasteiger partial charge in [-0.05, 0) is 25.5 Å². The minimum absolute atomic E-state index is 0.00935. The fourth-order valence-electron chi connectivity index (χ4n) is 3.57. The summed E-state index contributed by atoms with van der Waals surface area (Å²) >= 11 is 0. The van der Waals surface area contributed by atoms with E-state index < -0.39 is 0 Å². The van der Waals surface area contributed by atoms with Crippen LogP contribution in [-0.2, 0) is 4.79 Å². The van der Waals surface area contributed by atoms with Crippen molar-refractivity contribution >= 4 is 17.5 Å². The summed E-state index contributed by atoms with van der Waals surface area (Å²) in [6.45, 7) is 4.07. The van der Waals surface area contributed by atoms with Crippen molar-refractivity contribution in [2.45, 2.75) is 19.9 Å². The van der Waals surface area contributed by atoms with Crippen molar-refractivity contribution in [2.24, 2.45) is 0 Å². The first kappa shape index (κ1) is 18.0. The fourth-order valence-corrected chi connectivity index (χ4v) is 3.57. The zero-order valence-corrected chi connectivity index (χ0v) is 15.8. The molecule has 0 unspecified atom stereocenters. The lowest BCUT2D eigenvalue weighted by molar-refractivity contribution is -0.121. The average Bonchev–Trinajstić information content (AvgIpc) is 3.15. The van der Waals surface area contributed by atoms with Gasteiger partial charge in [-0.3, -0.25) is 9.59 Å². The van der Waals surface area contributed by atoms with Crippen LogP contribution in [0, 0.1) is 6.92 Å². The zero-order chi connectivity index (χ0) is 19.7. The zero-order valence-electron chi connectivity index (χ0n) is 15.8. The summed E-state index contributed by atoms with van der Waals surface area (Å²) < 4.78 is 5.14. The SMILES string of the molecule is Cc1ocnc1C(=O)N1CC(=O)N(c2ccccc2-c2ccccc2)C[C@H]1C. The maximum atomic E-state index is 13.0. The number of para-hydroxylation sites is 1. The van der Waals surface area contributed by atoms with Crippen LogP contribution in [0.25, 0.3) is 11.1 Å². The summed E-state index contributed by atoms with van der Waals surface area (Å²) in [4.78, 5) is 33.1. The molecule has 28 heavy (non-hydrogen) atoms. The van der Waals surface area contributed by atoms with E-state index in [1.807, 2.05) is 61.5 Å². The number of nitrogens with zero attached hydrogens (tertiary/aromatic N) is 3. The van der Waals surface area contributed by atoms with Crippen molar-refractivity contribution < 1.29 is 14.0 Å². The number of hydrogen-bond acceptors (Lipinski definition) is 4. The molecule has 3 aromatic rings. The summed E-state index contributed by atoms with van der Waals surface area (Å²) in [7, 11) is 0. The highest BCUT2D eigenvalue weighted by Gasteiger charge is 2.35. The molecule has 1 fully saturated rings. The summed E-state index contributed by atoms with van der Waals surface area (Å²) in [5.41, 5.74) is 3.17. The van der Waals surface area contributed by atoms with Gasteiger partial charge in [0, 0.05) is 18.2 Å². The second kappa shape index (κ2) is 7.31. The second-order valence-corrected chi connectivity index (χ2v) is 6.93. The van der Waals surface area contributed by atoms with E-state index in [2.05, 4.69) is 4.98 Å². The molecular formula is C22H21N3O3. The van der Waals surface area contributed by atoms with E-state index in [1.54, 1.807) is 16.7 Å². The lowest BCUT2D eigenvalue weighted by Crippen LogP contribution is -2.57. The number of oxazole rings is 1. The number of anilines is 1. The quantitative estimate of drug-likeness (QED) is 0.702. The molecule has 0 saturated carbocycles. The molecule has 1 aromatic heterocycles. The van der Waals surface area contributed by atoms with Gasteiger partial charge in [-0.25, -0.2) is 4.98 Å². The molecule has 0 N–H and O–H groups in total. The molecular weight excluding hydrogens is 354 g/mol. The van der Waals surface area contributed by atoms with Crippen LogP contribution < -0.4 is 4.90 Å². The molecule has 1 atom stereocenters. The molecule has 0 radical (unpaired) electrons. The number of carbonyl (C=O) groups is 2. The molecule has 1 saturated heterocycles. The summed E-state index contributed by atoms with van der Waals surface area (Å²) in [6.07, 6.45) is 1.25. The van der Waals surface area contributed by atoms with Gasteiger partial charge in [0.25, 0.3) is 5.91 Å². The van der Waals surface area contributed by atoms with Crippen molar-refractivity contribution in [2.75, 3.05) is 18.0 Å². The van der Waals surface area contributed by atoms with Crippen LogP contribution >= 0.6 is 0 Å². The molecule has 142 valence electrons. The van der Waals surface area contributed by atoms with Crippen molar-refractivity contribution in [3.63, 3.8) is 0 Å². The standard InChI is InChI=1S/C22H21N3O3/c1-15-12-25(19-11-7-6-10-18(19)17-8-4-3-5-9-17)20(26)13-24(15)22(27)21-16(2)28-14-23-21/h3-11,14-15H,12-13H2,1-2H3/t15-/m1/s1. The lowest BCUT2D eigenvalue weighted by Gasteiger charge is -2.39. The number of carbonyl (C=O) groups excluding carboxylic acids is 2. The van der Waals surface area contributed by atoms with E-state index in [1.165, 1.54) is 6.39 Å². The summed E-state index contributed by atoms with van der Waals surface area (Å²) in [5.74, 6) is 0.0700. The third kappa shape index (κ3) is 3.17. The maximum Gasteiger partial charge on any atom is 0.276 e. The van der Waals surface area contributed by atoms with Crippen LogP contribution in [0.1, 0.15) is 23.2 Å². The minimum Gasteiger partial charge on any atom is -0.448 e. The molecule has 2 aromatic carbocycles. The van der Waals surface area contributed by atoms with Crippen LogP contribution in [-0.4, -0.2) is 40.8 Å². The van der Waals surface area contributed by atoms with Gasteiger partial charge in [0.05, 0.1) is 5.69 Å². The van der Waals surface area contributed by atoms with Gasteiger partial charge >= 0.3 is 0 Å². The van der Waals surface area contributed by atoms with Crippen LogP contribution in [0.4, 0.5) is 5.69 Å². The Bertz CT molecular complexity index is 1010. The third-order valence-corrected chi connectivity index (χ3v) is 5.07. The molecule has 2 amide bonds. The Morgan fingerprint density at radius 2 is 1.82 bits per heavy atom. The molecule has 2 heterocycles. The minimum atomic E-state index is -0.275. The number of aryl methyl sites for hydroxylation is 1. The molecule has 1 aliphatic rings. The maximum absolute atomic E-state index is 13.0. The average molecular weight is 375 g/mol. The Kier molecular flexibility index (Phi) is 4.69. The Hall–Kier alpha value is -3.41. The summed E-state index contributed by atoms with van der Waals surface area (Å²) in [5, 5.41) is 0. The number of aromatic nitrogens is 1. The fraction of sp³-hybridized carbons (Fsp3) is 0.227. The first-order chi connectivity index (χ1) is 13.6. The predicted octanol–water partition coefficient (Wildman–Crippen LogP) is 3.53. The van der Waals surface area contributed by atoms with Gasteiger partial charge in [0.1, 0.15) is 12.3 Å². The van der Waals surface area contributed by atoms with E-state index >= 15 is 0 Å². The van der Waals surface area contributed by atoms with Crippen LogP contribution in [0.3, 0.4) is 0 Å². The molecule has 0 spiro atoms. The van der Waals surface area contributed by atoms with Crippen molar-refractivity contribution in [3.8, 4) is 11.1 Å². The van der Waals surface area contributed by atoms with Gasteiger partial charge in [0.2, 0.25) is 5.91 Å². The topological polar surface area (TPSA) is 66.7 Å². The molecule has 1 aliphatic heterocycles. The van der Waals surface area contributed by atoms with Gasteiger partial charge < -0.3 is 14.2 Å². The van der Waals surface area contributed by atoms with Gasteiger partial charge in [-0.2, -0.15) is 0 Å². The Labute approximate surface area is 163 Å². The van der Waals surface area contributed by atoms with Gasteiger partial charge in [-0.1, -0.05) is 48.5 Å². The first-order valence-electron chi connectivity index (χ1n) is 9.22.